The van der Waals surface area contributed by atoms with Crippen molar-refractivity contribution >= 4 is 28.8 Å². The van der Waals surface area contributed by atoms with E-state index in [0.29, 0.717) is 6.54 Å². The second kappa shape index (κ2) is 9.55. The number of ether oxygens (including phenoxy) is 1. The van der Waals surface area contributed by atoms with Crippen molar-refractivity contribution in [1.29, 1.82) is 0 Å². The summed E-state index contributed by atoms with van der Waals surface area (Å²) < 4.78 is 6.22. The number of halogens is 1. The van der Waals surface area contributed by atoms with Crippen molar-refractivity contribution in [2.24, 2.45) is 0 Å². The van der Waals surface area contributed by atoms with E-state index < -0.39 is 0 Å². The molecule has 1 saturated heterocycles. The van der Waals surface area contributed by atoms with E-state index in [1.807, 2.05) is 37.3 Å². The number of carbonyl (C=O) groups excluding carboxylic acids is 1. The molecule has 0 unspecified atom stereocenters. The van der Waals surface area contributed by atoms with Gasteiger partial charge in [0, 0.05) is 43.2 Å². The van der Waals surface area contributed by atoms with E-state index in [-0.39, 0.29) is 11.9 Å². The van der Waals surface area contributed by atoms with Crippen LogP contribution in [0.5, 0.6) is 5.75 Å². The van der Waals surface area contributed by atoms with E-state index >= 15 is 0 Å². The first kappa shape index (κ1) is 20.1. The molecule has 1 aliphatic heterocycles. The van der Waals surface area contributed by atoms with Gasteiger partial charge in [0.15, 0.2) is 0 Å². The third kappa shape index (κ3) is 5.69. The molecule has 1 aromatic heterocycles. The number of nitrogens with one attached hydrogen (secondary N) is 1. The second-order valence-electron chi connectivity index (χ2n) is 6.79. The van der Waals surface area contributed by atoms with Crippen molar-refractivity contribution < 1.29 is 9.53 Å². The highest BCUT2D eigenvalue weighted by molar-refractivity contribution is 7.16. The molecule has 7 heteroatoms. The molecule has 27 heavy (non-hydrogen) atoms. The van der Waals surface area contributed by atoms with Gasteiger partial charge in [0.05, 0.1) is 24.0 Å². The van der Waals surface area contributed by atoms with Crippen molar-refractivity contribution in [3.8, 4) is 5.75 Å². The van der Waals surface area contributed by atoms with Crippen LogP contribution in [0.2, 0.25) is 4.34 Å². The predicted octanol–water partition coefficient (Wildman–Crippen LogP) is 3.41. The zero-order valence-corrected chi connectivity index (χ0v) is 17.4. The fourth-order valence-electron chi connectivity index (χ4n) is 3.35. The van der Waals surface area contributed by atoms with Crippen LogP contribution < -0.4 is 10.1 Å². The van der Waals surface area contributed by atoms with Gasteiger partial charge < -0.3 is 10.1 Å². The number of methoxy groups -OCH3 is 1. The molecule has 146 valence electrons. The van der Waals surface area contributed by atoms with Crippen LogP contribution in [0, 0.1) is 0 Å². The Morgan fingerprint density at radius 3 is 2.56 bits per heavy atom. The molecule has 1 amide bonds. The zero-order valence-electron chi connectivity index (χ0n) is 15.8. The summed E-state index contributed by atoms with van der Waals surface area (Å²) in [7, 11) is 1.65. The molecular weight excluding hydrogens is 382 g/mol. The Labute approximate surface area is 169 Å². The van der Waals surface area contributed by atoms with Gasteiger partial charge in [-0.2, -0.15) is 0 Å². The summed E-state index contributed by atoms with van der Waals surface area (Å²) in [5.41, 5.74) is 0.993. The number of rotatable bonds is 7. The normalized spacial score (nSPS) is 16.9. The molecule has 2 heterocycles. The average Bonchev–Trinajstić information content (AvgIpc) is 3.08. The molecule has 0 radical (unpaired) electrons. The molecule has 0 spiro atoms. The highest BCUT2D eigenvalue weighted by atomic mass is 35.5. The van der Waals surface area contributed by atoms with Crippen LogP contribution in [0.25, 0.3) is 0 Å². The van der Waals surface area contributed by atoms with Gasteiger partial charge in [-0.3, -0.25) is 14.6 Å². The van der Waals surface area contributed by atoms with Crippen molar-refractivity contribution in [3.05, 3.63) is 51.2 Å². The molecule has 1 fully saturated rings. The Bertz CT molecular complexity index is 759. The van der Waals surface area contributed by atoms with E-state index in [0.717, 1.165) is 48.4 Å². The van der Waals surface area contributed by atoms with E-state index in [1.165, 1.54) is 4.88 Å². The molecule has 3 rings (SSSR count). The van der Waals surface area contributed by atoms with Crippen LogP contribution in [0.15, 0.2) is 36.4 Å². The summed E-state index contributed by atoms with van der Waals surface area (Å²) in [5, 5.41) is 3.08. The molecule has 0 bridgehead atoms. The van der Waals surface area contributed by atoms with Gasteiger partial charge >= 0.3 is 0 Å². The first-order valence-corrected chi connectivity index (χ1v) is 10.4. The fraction of sp³-hybridized carbons (Fsp3) is 0.450. The minimum Gasteiger partial charge on any atom is -0.496 e. The standard InChI is InChI=1S/C20H26ClN3O2S/c1-15(17-5-3-4-6-18(17)26-2)22-20(25)14-24-11-9-23(10-12-24)13-16-7-8-19(21)27-16/h3-8,15H,9-14H2,1-2H3,(H,22,25)/t15-/m1/s1. The molecule has 0 aliphatic carbocycles. The monoisotopic (exact) mass is 407 g/mol. The molecule has 1 N–H and O–H groups in total. The first-order valence-electron chi connectivity index (χ1n) is 9.16. The smallest absolute Gasteiger partial charge is 0.234 e. The molecule has 1 aromatic carbocycles. The van der Waals surface area contributed by atoms with Crippen LogP contribution in [0.1, 0.15) is 23.4 Å². The van der Waals surface area contributed by atoms with Gasteiger partial charge in [-0.1, -0.05) is 29.8 Å². The largest absolute Gasteiger partial charge is 0.496 e. The fourth-order valence-corrected chi connectivity index (χ4v) is 4.48. The number of amides is 1. The topological polar surface area (TPSA) is 44.8 Å². The summed E-state index contributed by atoms with van der Waals surface area (Å²) in [5.74, 6) is 0.847. The molecule has 0 saturated carbocycles. The molecule has 2 aromatic rings. The van der Waals surface area contributed by atoms with Crippen molar-refractivity contribution in [3.63, 3.8) is 0 Å². The zero-order chi connectivity index (χ0) is 19.2. The molecular formula is C20H26ClN3O2S. The summed E-state index contributed by atoms with van der Waals surface area (Å²) >= 11 is 7.64. The Morgan fingerprint density at radius 1 is 1.19 bits per heavy atom. The van der Waals surface area contributed by atoms with Crippen LogP contribution in [0.3, 0.4) is 0 Å². The van der Waals surface area contributed by atoms with Gasteiger partial charge in [0.2, 0.25) is 5.91 Å². The van der Waals surface area contributed by atoms with E-state index in [4.69, 9.17) is 16.3 Å². The average molecular weight is 408 g/mol. The number of nitrogens with zero attached hydrogens (tertiary/aromatic N) is 2. The number of piperazine rings is 1. The van der Waals surface area contributed by atoms with Gasteiger partial charge in [0.25, 0.3) is 0 Å². The van der Waals surface area contributed by atoms with Crippen molar-refractivity contribution in [2.45, 2.75) is 19.5 Å². The lowest BCUT2D eigenvalue weighted by Crippen LogP contribution is -2.49. The minimum absolute atomic E-state index is 0.0481. The number of carbonyl (C=O) groups is 1. The van der Waals surface area contributed by atoms with Gasteiger partial charge in [-0.15, -0.1) is 11.3 Å². The number of thiophene rings is 1. The Balaban J connectivity index is 1.44. The van der Waals surface area contributed by atoms with E-state index in [2.05, 4.69) is 21.2 Å². The maximum Gasteiger partial charge on any atom is 0.234 e. The summed E-state index contributed by atoms with van der Waals surface area (Å²) in [4.78, 5) is 18.4. The molecule has 5 nitrogen and oxygen atoms in total. The number of benzene rings is 1. The summed E-state index contributed by atoms with van der Waals surface area (Å²) in [6, 6.07) is 11.7. The minimum atomic E-state index is -0.0847. The molecule has 1 atom stereocenters. The third-order valence-electron chi connectivity index (χ3n) is 4.82. The van der Waals surface area contributed by atoms with Crippen LogP contribution in [-0.4, -0.2) is 55.5 Å². The first-order chi connectivity index (χ1) is 13.0. The van der Waals surface area contributed by atoms with Gasteiger partial charge in [0.1, 0.15) is 5.75 Å². The molecule has 1 aliphatic rings. The maximum atomic E-state index is 12.4. The van der Waals surface area contributed by atoms with Crippen LogP contribution in [-0.2, 0) is 11.3 Å². The lowest BCUT2D eigenvalue weighted by molar-refractivity contribution is -0.123. The summed E-state index contributed by atoms with van der Waals surface area (Å²) in [6.07, 6.45) is 0. The van der Waals surface area contributed by atoms with Crippen LogP contribution >= 0.6 is 22.9 Å². The van der Waals surface area contributed by atoms with E-state index in [9.17, 15) is 4.79 Å². The highest BCUT2D eigenvalue weighted by Gasteiger charge is 2.21. The Kier molecular flexibility index (Phi) is 7.13. The number of hydrogen-bond acceptors (Lipinski definition) is 5. The number of hydrogen-bond donors (Lipinski definition) is 1. The third-order valence-corrected chi connectivity index (χ3v) is 6.04. The van der Waals surface area contributed by atoms with E-state index in [1.54, 1.807) is 18.4 Å². The van der Waals surface area contributed by atoms with Gasteiger partial charge in [-0.05, 0) is 25.1 Å². The lowest BCUT2D eigenvalue weighted by Gasteiger charge is -2.34. The van der Waals surface area contributed by atoms with Crippen molar-refractivity contribution in [2.75, 3.05) is 39.8 Å². The Morgan fingerprint density at radius 2 is 1.89 bits per heavy atom. The second-order valence-corrected chi connectivity index (χ2v) is 8.59. The maximum absolute atomic E-state index is 12.4. The van der Waals surface area contributed by atoms with Crippen molar-refractivity contribution in [1.82, 2.24) is 15.1 Å². The predicted molar refractivity (Wildman–Crippen MR) is 111 cm³/mol. The highest BCUT2D eigenvalue weighted by Crippen LogP contribution is 2.24. The Hall–Kier alpha value is -1.60. The summed E-state index contributed by atoms with van der Waals surface area (Å²) in [6.45, 7) is 7.07. The van der Waals surface area contributed by atoms with Crippen LogP contribution in [0.4, 0.5) is 0 Å². The SMILES string of the molecule is COc1ccccc1[C@@H](C)NC(=O)CN1CCN(Cc2ccc(Cl)s2)CC1. The van der Waals surface area contributed by atoms with Gasteiger partial charge in [-0.25, -0.2) is 0 Å². The quantitative estimate of drug-likeness (QED) is 0.764. The number of para-hydroxylation sites is 1. The lowest BCUT2D eigenvalue weighted by atomic mass is 10.1.